The molecule has 0 spiro atoms. The number of rotatable bonds is 1. The Morgan fingerprint density at radius 3 is 2.64 bits per heavy atom. The Labute approximate surface area is 168 Å². The van der Waals surface area contributed by atoms with Crippen molar-refractivity contribution in [2.45, 2.75) is 37.1 Å². The van der Waals surface area contributed by atoms with Gasteiger partial charge in [-0.1, -0.05) is 12.1 Å². The lowest BCUT2D eigenvalue weighted by molar-refractivity contribution is -0.136. The minimum absolute atomic E-state index is 0.0346. The molecule has 4 heterocycles. The van der Waals surface area contributed by atoms with Gasteiger partial charge < -0.3 is 9.80 Å². The number of amides is 2. The zero-order valence-corrected chi connectivity index (χ0v) is 16.9. The highest BCUT2D eigenvalue weighted by Gasteiger charge is 2.54. The van der Waals surface area contributed by atoms with E-state index in [4.69, 9.17) is 9.97 Å². The van der Waals surface area contributed by atoms with Crippen LogP contribution in [0.2, 0.25) is 0 Å². The lowest BCUT2D eigenvalue weighted by Gasteiger charge is -2.32. The Bertz CT molecular complexity index is 982. The number of carbonyl (C=O) groups excluding carboxylic acids is 2. The Kier molecular flexibility index (Phi) is 4.01. The number of aromatic nitrogens is 2. The van der Waals surface area contributed by atoms with Crippen LogP contribution in [0.3, 0.4) is 0 Å². The highest BCUT2D eigenvalue weighted by molar-refractivity contribution is 8.01. The fourth-order valence-corrected chi connectivity index (χ4v) is 5.92. The largest absolute Gasteiger partial charge is 0.357 e. The molecule has 0 N–H and O–H groups in total. The molecule has 0 radical (unpaired) electrons. The quantitative estimate of drug-likeness (QED) is 0.735. The van der Waals surface area contributed by atoms with Gasteiger partial charge in [-0.15, -0.1) is 11.8 Å². The molecule has 2 fully saturated rings. The number of hydrogen-bond donors (Lipinski definition) is 0. The second kappa shape index (κ2) is 6.34. The van der Waals surface area contributed by atoms with Gasteiger partial charge in [-0.2, -0.15) is 0 Å². The van der Waals surface area contributed by atoms with Crippen LogP contribution in [0.1, 0.15) is 26.2 Å². The lowest BCUT2D eigenvalue weighted by atomic mass is 10.2. The summed E-state index contributed by atoms with van der Waals surface area (Å²) in [6, 6.07) is 7.31. The molecule has 28 heavy (non-hydrogen) atoms. The summed E-state index contributed by atoms with van der Waals surface area (Å²) in [5.74, 6) is 2.03. The van der Waals surface area contributed by atoms with Gasteiger partial charge in [0.1, 0.15) is 6.04 Å². The average molecular weight is 398 g/mol. The summed E-state index contributed by atoms with van der Waals surface area (Å²) in [5, 5.41) is 0. The van der Waals surface area contributed by atoms with E-state index in [1.165, 1.54) is 0 Å². The average Bonchev–Trinajstić information content (AvgIpc) is 3.13. The molecule has 2 amide bonds. The van der Waals surface area contributed by atoms with Crippen LogP contribution in [-0.4, -0.2) is 63.5 Å². The summed E-state index contributed by atoms with van der Waals surface area (Å²) >= 11 is 1.72. The molecule has 7 nitrogen and oxygen atoms in total. The first-order valence-corrected chi connectivity index (χ1v) is 10.7. The van der Waals surface area contributed by atoms with Gasteiger partial charge in [0.2, 0.25) is 5.91 Å². The number of benzene rings is 1. The molecule has 146 valence electrons. The molecule has 0 aliphatic carbocycles. The van der Waals surface area contributed by atoms with Crippen LogP contribution >= 0.6 is 11.8 Å². The number of carbonyl (C=O) groups is 2. The number of para-hydroxylation sites is 2. The van der Waals surface area contributed by atoms with Gasteiger partial charge >= 0.3 is 0 Å². The van der Waals surface area contributed by atoms with Crippen molar-refractivity contribution in [2.75, 3.05) is 35.7 Å². The summed E-state index contributed by atoms with van der Waals surface area (Å²) in [5.41, 5.74) is 1.60. The fourth-order valence-electron chi connectivity index (χ4n) is 4.49. The molecule has 8 heteroatoms. The van der Waals surface area contributed by atoms with Gasteiger partial charge in [0.15, 0.2) is 11.6 Å². The van der Waals surface area contributed by atoms with Crippen molar-refractivity contribution in [3.8, 4) is 0 Å². The van der Waals surface area contributed by atoms with E-state index < -0.39 is 6.04 Å². The third-order valence-electron chi connectivity index (χ3n) is 6.02. The first-order chi connectivity index (χ1) is 13.5. The predicted octanol–water partition coefficient (Wildman–Crippen LogP) is 2.26. The lowest BCUT2D eigenvalue weighted by Crippen LogP contribution is -2.51. The van der Waals surface area contributed by atoms with Crippen molar-refractivity contribution in [2.24, 2.45) is 0 Å². The third-order valence-corrected chi connectivity index (χ3v) is 7.53. The van der Waals surface area contributed by atoms with E-state index in [1.807, 2.05) is 36.2 Å². The van der Waals surface area contributed by atoms with Crippen LogP contribution in [0, 0.1) is 0 Å². The van der Waals surface area contributed by atoms with Crippen molar-refractivity contribution in [1.82, 2.24) is 14.9 Å². The molecule has 1 aromatic carbocycles. The third kappa shape index (κ3) is 2.57. The maximum atomic E-state index is 13.6. The van der Waals surface area contributed by atoms with Crippen molar-refractivity contribution in [1.29, 1.82) is 0 Å². The van der Waals surface area contributed by atoms with Gasteiger partial charge in [-0.3, -0.25) is 14.5 Å². The summed E-state index contributed by atoms with van der Waals surface area (Å²) in [6.45, 7) is 3.47. The monoisotopic (exact) mass is 397 g/mol. The standard InChI is InChI=1S/C20H23N5O2S/c1-20-9-8-16(26)25(20)15(12-28-20)19(27)24-11-5-10-23(2)17-18(24)22-14-7-4-3-6-13(14)21-17/h3-4,6-7,15H,5,8-12H2,1-2H3. The molecular formula is C20H23N5O2S. The normalized spacial score (nSPS) is 27.1. The SMILES string of the molecule is CN1CCCN(C(=O)C2CSC3(C)CCC(=O)N23)c2nc3ccccc3nc21. The second-order valence-corrected chi connectivity index (χ2v) is 9.39. The molecule has 0 saturated carbocycles. The highest BCUT2D eigenvalue weighted by atomic mass is 32.2. The summed E-state index contributed by atoms with van der Waals surface area (Å²) < 4.78 is 0. The Morgan fingerprint density at radius 1 is 1.18 bits per heavy atom. The van der Waals surface area contributed by atoms with E-state index >= 15 is 0 Å². The van der Waals surface area contributed by atoms with Crippen molar-refractivity contribution < 1.29 is 9.59 Å². The Hall–Kier alpha value is -2.35. The summed E-state index contributed by atoms with van der Waals surface area (Å²) in [4.78, 5) is 41.1. The van der Waals surface area contributed by atoms with Crippen LogP contribution in [0.5, 0.6) is 0 Å². The van der Waals surface area contributed by atoms with E-state index in [0.717, 1.165) is 36.2 Å². The molecule has 2 atom stereocenters. The van der Waals surface area contributed by atoms with Crippen LogP contribution in [0.15, 0.2) is 24.3 Å². The maximum Gasteiger partial charge on any atom is 0.251 e. The fraction of sp³-hybridized carbons (Fsp3) is 0.500. The van der Waals surface area contributed by atoms with Crippen LogP contribution in [0.25, 0.3) is 11.0 Å². The molecule has 2 saturated heterocycles. The van der Waals surface area contributed by atoms with Crippen LogP contribution in [-0.2, 0) is 9.59 Å². The topological polar surface area (TPSA) is 69.6 Å². The van der Waals surface area contributed by atoms with E-state index in [0.29, 0.717) is 24.5 Å². The maximum absolute atomic E-state index is 13.6. The van der Waals surface area contributed by atoms with Gasteiger partial charge in [0.25, 0.3) is 5.91 Å². The Morgan fingerprint density at radius 2 is 1.89 bits per heavy atom. The highest BCUT2D eigenvalue weighted by Crippen LogP contribution is 2.48. The number of anilines is 2. The minimum Gasteiger partial charge on any atom is -0.357 e. The number of nitrogens with zero attached hydrogens (tertiary/aromatic N) is 5. The molecule has 3 aliphatic heterocycles. The van der Waals surface area contributed by atoms with Gasteiger partial charge in [-0.05, 0) is 31.9 Å². The van der Waals surface area contributed by atoms with Crippen LogP contribution in [0.4, 0.5) is 11.6 Å². The van der Waals surface area contributed by atoms with Gasteiger partial charge in [0.05, 0.1) is 15.9 Å². The molecule has 5 rings (SSSR count). The van der Waals surface area contributed by atoms with Crippen LogP contribution < -0.4 is 9.80 Å². The molecular weight excluding hydrogens is 374 g/mol. The minimum atomic E-state index is -0.422. The van der Waals surface area contributed by atoms with E-state index in [2.05, 4.69) is 11.8 Å². The molecule has 2 unspecified atom stereocenters. The van der Waals surface area contributed by atoms with E-state index in [1.54, 1.807) is 16.7 Å². The molecule has 3 aliphatic rings. The summed E-state index contributed by atoms with van der Waals surface area (Å²) in [7, 11) is 1.99. The van der Waals surface area contributed by atoms with E-state index in [-0.39, 0.29) is 16.7 Å². The first-order valence-electron chi connectivity index (χ1n) is 9.73. The predicted molar refractivity (Wildman–Crippen MR) is 111 cm³/mol. The molecule has 1 aromatic heterocycles. The van der Waals surface area contributed by atoms with E-state index in [9.17, 15) is 9.59 Å². The number of hydrogen-bond acceptors (Lipinski definition) is 6. The zero-order chi connectivity index (χ0) is 19.5. The first kappa shape index (κ1) is 17.7. The molecule has 0 bridgehead atoms. The number of fused-ring (bicyclic) bond motifs is 3. The van der Waals surface area contributed by atoms with Crippen molar-refractivity contribution >= 4 is 46.2 Å². The smallest absolute Gasteiger partial charge is 0.251 e. The van der Waals surface area contributed by atoms with Gasteiger partial charge in [-0.25, -0.2) is 9.97 Å². The summed E-state index contributed by atoms with van der Waals surface area (Å²) in [6.07, 6.45) is 2.17. The number of thioether (sulfide) groups is 1. The van der Waals surface area contributed by atoms with Crippen molar-refractivity contribution in [3.63, 3.8) is 0 Å². The zero-order valence-electron chi connectivity index (χ0n) is 16.1. The van der Waals surface area contributed by atoms with Gasteiger partial charge in [0, 0.05) is 32.3 Å². The van der Waals surface area contributed by atoms with Crippen molar-refractivity contribution in [3.05, 3.63) is 24.3 Å². The molecule has 2 aromatic rings. The Balaban J connectivity index is 1.57. The second-order valence-electron chi connectivity index (χ2n) is 7.89.